The van der Waals surface area contributed by atoms with E-state index in [2.05, 4.69) is 50.9 Å². The van der Waals surface area contributed by atoms with E-state index >= 15 is 0 Å². The number of likely N-dealkylation sites (N-methyl/N-ethyl adjacent to an activating group) is 1. The summed E-state index contributed by atoms with van der Waals surface area (Å²) in [5, 5.41) is 21.0. The SMILES string of the molecule is CC.CNC(Nc1ccc(N)cc1P)/C(C(=O)NCCC(C)(C)C)=C(\O)c1ccc[nH]1. The molecule has 0 radical (unpaired) electrons. The molecule has 0 saturated heterocycles. The summed E-state index contributed by atoms with van der Waals surface area (Å²) >= 11 is 0. The van der Waals surface area contributed by atoms with E-state index in [1.165, 1.54) is 0 Å². The highest BCUT2D eigenvalue weighted by Gasteiger charge is 2.26. The van der Waals surface area contributed by atoms with Crippen LogP contribution in [0, 0.1) is 5.41 Å². The van der Waals surface area contributed by atoms with Gasteiger partial charge in [-0.15, -0.1) is 9.24 Å². The van der Waals surface area contributed by atoms with Crippen molar-refractivity contribution in [2.75, 3.05) is 24.6 Å². The summed E-state index contributed by atoms with van der Waals surface area (Å²) in [6, 6.07) is 8.92. The zero-order valence-electron chi connectivity index (χ0n) is 19.5. The summed E-state index contributed by atoms with van der Waals surface area (Å²) in [7, 11) is 4.34. The molecule has 0 aliphatic carbocycles. The zero-order chi connectivity index (χ0) is 23.6. The van der Waals surface area contributed by atoms with Crippen molar-refractivity contribution < 1.29 is 9.90 Å². The van der Waals surface area contributed by atoms with Crippen LogP contribution in [0.5, 0.6) is 0 Å². The Morgan fingerprint density at radius 1 is 1.26 bits per heavy atom. The van der Waals surface area contributed by atoms with Crippen LogP contribution in [-0.2, 0) is 4.79 Å². The van der Waals surface area contributed by atoms with Gasteiger partial charge in [0, 0.05) is 24.1 Å². The maximum Gasteiger partial charge on any atom is 0.254 e. The molecule has 2 unspecified atom stereocenters. The second-order valence-corrected chi connectivity index (χ2v) is 8.75. The highest BCUT2D eigenvalue weighted by atomic mass is 31.0. The number of benzene rings is 1. The molecule has 0 fully saturated rings. The van der Waals surface area contributed by atoms with E-state index in [1.54, 1.807) is 31.4 Å². The first-order valence-electron chi connectivity index (χ1n) is 10.6. The lowest BCUT2D eigenvalue weighted by Gasteiger charge is -2.25. The molecule has 7 N–H and O–H groups in total. The molecule has 1 amide bonds. The molecule has 2 rings (SSSR count). The molecular weight excluding hydrogens is 409 g/mol. The van der Waals surface area contributed by atoms with Gasteiger partial charge < -0.3 is 26.5 Å². The Balaban J connectivity index is 0.00000233. The second-order valence-electron chi connectivity index (χ2n) is 8.13. The number of hydrogen-bond donors (Lipinski definition) is 6. The van der Waals surface area contributed by atoms with Gasteiger partial charge in [-0.3, -0.25) is 10.1 Å². The van der Waals surface area contributed by atoms with Crippen LogP contribution >= 0.6 is 9.24 Å². The Morgan fingerprint density at radius 3 is 2.45 bits per heavy atom. The Bertz CT molecular complexity index is 857. The number of carbonyl (C=O) groups is 1. The number of aromatic amines is 1. The summed E-state index contributed by atoms with van der Waals surface area (Å²) in [6.07, 6.45) is 1.89. The number of anilines is 2. The van der Waals surface area contributed by atoms with Gasteiger partial charge in [-0.2, -0.15) is 0 Å². The van der Waals surface area contributed by atoms with Crippen LogP contribution in [-0.4, -0.2) is 35.8 Å². The van der Waals surface area contributed by atoms with Crippen molar-refractivity contribution in [1.82, 2.24) is 15.6 Å². The van der Waals surface area contributed by atoms with Crippen LogP contribution in [0.3, 0.4) is 0 Å². The minimum Gasteiger partial charge on any atom is -0.505 e. The van der Waals surface area contributed by atoms with Crippen LogP contribution < -0.4 is 27.0 Å². The average Bonchev–Trinajstić information content (AvgIpc) is 3.24. The van der Waals surface area contributed by atoms with Crippen molar-refractivity contribution in [3.8, 4) is 0 Å². The fraction of sp³-hybridized carbons (Fsp3) is 0.435. The van der Waals surface area contributed by atoms with Gasteiger partial charge in [0.05, 0.1) is 11.3 Å². The number of carbonyl (C=O) groups excluding carboxylic acids is 1. The van der Waals surface area contributed by atoms with Crippen molar-refractivity contribution in [3.05, 3.63) is 47.8 Å². The first-order valence-corrected chi connectivity index (χ1v) is 11.1. The molecule has 2 atom stereocenters. The lowest BCUT2D eigenvalue weighted by molar-refractivity contribution is -0.117. The number of hydrogen-bond acceptors (Lipinski definition) is 5. The van der Waals surface area contributed by atoms with Gasteiger partial charge in [-0.1, -0.05) is 34.6 Å². The summed E-state index contributed by atoms with van der Waals surface area (Å²) in [6.45, 7) is 10.9. The van der Waals surface area contributed by atoms with Crippen LogP contribution in [0.2, 0.25) is 0 Å². The molecule has 0 saturated carbocycles. The van der Waals surface area contributed by atoms with E-state index in [-0.39, 0.29) is 22.7 Å². The average molecular weight is 448 g/mol. The Hall–Kier alpha value is -2.50. The van der Waals surface area contributed by atoms with Crippen molar-refractivity contribution >= 4 is 37.6 Å². The highest BCUT2D eigenvalue weighted by Crippen LogP contribution is 2.21. The van der Waals surface area contributed by atoms with Gasteiger partial charge in [0.1, 0.15) is 6.17 Å². The molecule has 7 nitrogen and oxygen atoms in total. The Kier molecular flexibility index (Phi) is 10.6. The number of aromatic nitrogens is 1. The van der Waals surface area contributed by atoms with E-state index in [0.29, 0.717) is 17.9 Å². The van der Waals surface area contributed by atoms with Crippen LogP contribution in [0.25, 0.3) is 5.76 Å². The third kappa shape index (κ3) is 8.27. The lowest BCUT2D eigenvalue weighted by atomic mass is 9.92. The second kappa shape index (κ2) is 12.4. The van der Waals surface area contributed by atoms with Gasteiger partial charge in [0.2, 0.25) is 0 Å². The van der Waals surface area contributed by atoms with Gasteiger partial charge >= 0.3 is 0 Å². The number of amides is 1. The molecule has 2 aromatic rings. The van der Waals surface area contributed by atoms with Crippen LogP contribution in [0.15, 0.2) is 42.1 Å². The number of nitrogens with one attached hydrogen (secondary N) is 4. The molecule has 8 heteroatoms. The standard InChI is InChI=1S/C21H32N5O2P.C2H6/c1-21(2,3)9-11-25-20(28)17(18(27)15-6-5-10-24-15)19(23-4)26-14-8-7-13(22)12-16(14)29;1-2/h5-8,10,12,19,23-24,26-27H,9,11,22,29H2,1-4H3,(H,25,28);1-2H3/b18-17+;. The van der Waals surface area contributed by atoms with Crippen LogP contribution in [0.4, 0.5) is 11.4 Å². The largest absolute Gasteiger partial charge is 0.505 e. The fourth-order valence-electron chi connectivity index (χ4n) is 2.80. The summed E-state index contributed by atoms with van der Waals surface area (Å²) in [5.74, 6) is -0.454. The number of nitrogens with two attached hydrogens (primary N) is 1. The van der Waals surface area contributed by atoms with Crippen molar-refractivity contribution in [1.29, 1.82) is 0 Å². The van der Waals surface area contributed by atoms with E-state index in [0.717, 1.165) is 17.4 Å². The minimum atomic E-state index is -0.629. The third-order valence-electron chi connectivity index (χ3n) is 4.47. The summed E-state index contributed by atoms with van der Waals surface area (Å²) in [5.41, 5.74) is 8.02. The Labute approximate surface area is 188 Å². The summed E-state index contributed by atoms with van der Waals surface area (Å²) in [4.78, 5) is 16.0. The number of nitrogen functional groups attached to an aromatic ring is 1. The number of aliphatic hydroxyl groups is 1. The molecule has 0 aliphatic heterocycles. The lowest BCUT2D eigenvalue weighted by Crippen LogP contribution is -2.43. The first-order chi connectivity index (χ1) is 14.6. The van der Waals surface area contributed by atoms with E-state index in [4.69, 9.17) is 5.73 Å². The molecule has 1 heterocycles. The minimum absolute atomic E-state index is 0.0949. The van der Waals surface area contributed by atoms with Crippen molar-refractivity contribution in [3.63, 3.8) is 0 Å². The highest BCUT2D eigenvalue weighted by molar-refractivity contribution is 7.28. The topological polar surface area (TPSA) is 115 Å². The van der Waals surface area contributed by atoms with E-state index in [9.17, 15) is 9.90 Å². The van der Waals surface area contributed by atoms with Gasteiger partial charge in [-0.05, 0) is 54.5 Å². The third-order valence-corrected chi connectivity index (χ3v) is 4.94. The molecule has 0 bridgehead atoms. The smallest absolute Gasteiger partial charge is 0.254 e. The van der Waals surface area contributed by atoms with E-state index in [1.807, 2.05) is 26.0 Å². The zero-order valence-corrected chi connectivity index (χ0v) is 20.6. The predicted octanol–water partition coefficient (Wildman–Crippen LogP) is 3.60. The van der Waals surface area contributed by atoms with E-state index < -0.39 is 6.17 Å². The predicted molar refractivity (Wildman–Crippen MR) is 135 cm³/mol. The maximum atomic E-state index is 13.0. The molecule has 1 aromatic carbocycles. The van der Waals surface area contributed by atoms with Crippen molar-refractivity contribution in [2.45, 2.75) is 47.2 Å². The van der Waals surface area contributed by atoms with Gasteiger partial charge in [-0.25, -0.2) is 0 Å². The molecule has 31 heavy (non-hydrogen) atoms. The van der Waals surface area contributed by atoms with Crippen molar-refractivity contribution in [2.24, 2.45) is 5.41 Å². The van der Waals surface area contributed by atoms with Gasteiger partial charge in [0.25, 0.3) is 5.91 Å². The number of aliphatic hydroxyl groups excluding tert-OH is 1. The normalized spacial score (nSPS) is 12.9. The monoisotopic (exact) mass is 447 g/mol. The number of H-pyrrole nitrogens is 1. The quantitative estimate of drug-likeness (QED) is 0.122. The molecule has 1 aromatic heterocycles. The first kappa shape index (κ1) is 26.5. The molecule has 0 spiro atoms. The fourth-order valence-corrected chi connectivity index (χ4v) is 3.17. The van der Waals surface area contributed by atoms with Crippen LogP contribution in [0.1, 0.15) is 46.7 Å². The summed E-state index contributed by atoms with van der Waals surface area (Å²) < 4.78 is 0. The molecule has 172 valence electrons. The molecular formula is C23H38N5O2P. The number of rotatable bonds is 8. The molecule has 0 aliphatic rings. The van der Waals surface area contributed by atoms with Gasteiger partial charge in [0.15, 0.2) is 5.76 Å². The maximum absolute atomic E-state index is 13.0. The Morgan fingerprint density at radius 2 is 1.94 bits per heavy atom.